The van der Waals surface area contributed by atoms with E-state index in [9.17, 15) is 8.78 Å². The normalized spacial score (nSPS) is 10.2. The van der Waals surface area contributed by atoms with Gasteiger partial charge >= 0.3 is 0 Å². The molecule has 0 saturated carbocycles. The van der Waals surface area contributed by atoms with Crippen molar-refractivity contribution in [2.24, 2.45) is 0 Å². The van der Waals surface area contributed by atoms with Crippen LogP contribution in [0.15, 0.2) is 59.6 Å². The van der Waals surface area contributed by atoms with Crippen LogP contribution in [0.1, 0.15) is 6.42 Å². The zero-order valence-corrected chi connectivity index (χ0v) is 10.9. The molecule has 0 radical (unpaired) electrons. The van der Waals surface area contributed by atoms with Crippen molar-refractivity contribution >= 4 is 11.8 Å². The fraction of sp³-hybridized carbons (Fsp3) is 0.143. The molecular formula is C14H12F2N2S. The van der Waals surface area contributed by atoms with Gasteiger partial charge in [0, 0.05) is 22.4 Å². The van der Waals surface area contributed by atoms with Crippen LogP contribution in [-0.4, -0.2) is 16.0 Å². The van der Waals surface area contributed by atoms with Gasteiger partial charge in [-0.3, -0.25) is 0 Å². The largest absolute Gasteiger partial charge is 0.266 e. The first-order valence-electron chi connectivity index (χ1n) is 5.78. The van der Waals surface area contributed by atoms with E-state index < -0.39 is 6.08 Å². The number of rotatable bonds is 5. The Morgan fingerprint density at radius 3 is 2.84 bits per heavy atom. The Morgan fingerprint density at radius 1 is 1.21 bits per heavy atom. The number of halogens is 2. The number of benzene rings is 1. The van der Waals surface area contributed by atoms with Gasteiger partial charge in [-0.15, -0.1) is 11.8 Å². The number of hydrogen-bond donors (Lipinski definition) is 0. The van der Waals surface area contributed by atoms with E-state index >= 15 is 0 Å². The molecule has 0 amide bonds. The predicted molar refractivity (Wildman–Crippen MR) is 73.1 cm³/mol. The lowest BCUT2D eigenvalue weighted by atomic mass is 10.1. The highest BCUT2D eigenvalue weighted by molar-refractivity contribution is 7.99. The number of hydrogen-bond acceptors (Lipinski definition) is 3. The van der Waals surface area contributed by atoms with Crippen LogP contribution in [0.5, 0.6) is 0 Å². The van der Waals surface area contributed by atoms with E-state index in [0.717, 1.165) is 22.2 Å². The van der Waals surface area contributed by atoms with Crippen molar-refractivity contribution in [3.63, 3.8) is 0 Å². The molecule has 0 bridgehead atoms. The average molecular weight is 278 g/mol. The van der Waals surface area contributed by atoms with Crippen LogP contribution in [0.2, 0.25) is 0 Å². The van der Waals surface area contributed by atoms with Gasteiger partial charge in [-0.05, 0) is 36.8 Å². The third-order valence-corrected chi connectivity index (χ3v) is 3.41. The third-order valence-electron chi connectivity index (χ3n) is 2.39. The summed E-state index contributed by atoms with van der Waals surface area (Å²) in [5, 5.41) is 7.88. The van der Waals surface area contributed by atoms with Crippen LogP contribution in [0.4, 0.5) is 8.78 Å². The SMILES string of the molecule is FC(F)=CCCSc1cccc(-c2cccnn2)c1. The molecule has 1 aromatic carbocycles. The summed E-state index contributed by atoms with van der Waals surface area (Å²) in [4.78, 5) is 1.04. The molecule has 2 nitrogen and oxygen atoms in total. The molecule has 0 atom stereocenters. The van der Waals surface area contributed by atoms with Gasteiger partial charge in [0.1, 0.15) is 0 Å². The number of thioether (sulfide) groups is 1. The Kier molecular flexibility index (Phi) is 5.03. The van der Waals surface area contributed by atoms with Crippen molar-refractivity contribution in [3.05, 3.63) is 54.8 Å². The van der Waals surface area contributed by atoms with Gasteiger partial charge in [0.05, 0.1) is 5.69 Å². The summed E-state index contributed by atoms with van der Waals surface area (Å²) in [6.45, 7) is 0. The molecular weight excluding hydrogens is 266 g/mol. The second-order valence-electron chi connectivity index (χ2n) is 3.77. The molecule has 98 valence electrons. The number of nitrogens with zero attached hydrogens (tertiary/aromatic N) is 2. The van der Waals surface area contributed by atoms with E-state index in [4.69, 9.17) is 0 Å². The van der Waals surface area contributed by atoms with E-state index in [-0.39, 0.29) is 0 Å². The Hall–Kier alpha value is -1.75. The van der Waals surface area contributed by atoms with E-state index in [2.05, 4.69) is 10.2 Å². The summed E-state index contributed by atoms with van der Waals surface area (Å²) in [7, 11) is 0. The van der Waals surface area contributed by atoms with Gasteiger partial charge in [-0.2, -0.15) is 19.0 Å². The van der Waals surface area contributed by atoms with Crippen molar-refractivity contribution in [1.82, 2.24) is 10.2 Å². The average Bonchev–Trinajstić information content (AvgIpc) is 2.45. The lowest BCUT2D eigenvalue weighted by molar-refractivity contribution is 0.418. The van der Waals surface area contributed by atoms with E-state index in [1.165, 1.54) is 0 Å². The highest BCUT2D eigenvalue weighted by atomic mass is 32.2. The lowest BCUT2D eigenvalue weighted by Gasteiger charge is -2.03. The minimum Gasteiger partial charge on any atom is -0.174 e. The van der Waals surface area contributed by atoms with Gasteiger partial charge in [-0.1, -0.05) is 12.1 Å². The first kappa shape index (κ1) is 13.7. The maximum Gasteiger partial charge on any atom is 0.266 e. The van der Waals surface area contributed by atoms with Crippen molar-refractivity contribution in [2.75, 3.05) is 5.75 Å². The molecule has 0 fully saturated rings. The molecule has 2 aromatic rings. The Bertz CT molecular complexity index is 554. The van der Waals surface area contributed by atoms with Crippen molar-refractivity contribution < 1.29 is 8.78 Å². The molecule has 0 aliphatic carbocycles. The molecule has 2 rings (SSSR count). The highest BCUT2D eigenvalue weighted by Crippen LogP contribution is 2.24. The summed E-state index contributed by atoms with van der Waals surface area (Å²) in [5.74, 6) is 0.626. The van der Waals surface area contributed by atoms with E-state index in [1.807, 2.05) is 36.4 Å². The minimum absolute atomic E-state index is 0.363. The fourth-order valence-electron chi connectivity index (χ4n) is 1.55. The predicted octanol–water partition coefficient (Wildman–Crippen LogP) is 4.41. The molecule has 0 aliphatic heterocycles. The van der Waals surface area contributed by atoms with Gasteiger partial charge < -0.3 is 0 Å². The van der Waals surface area contributed by atoms with Crippen LogP contribution in [0.3, 0.4) is 0 Å². The second kappa shape index (κ2) is 6.99. The fourth-order valence-corrected chi connectivity index (χ4v) is 2.40. The summed E-state index contributed by atoms with van der Waals surface area (Å²) in [6.07, 6.45) is 1.32. The summed E-state index contributed by atoms with van der Waals surface area (Å²) < 4.78 is 23.8. The van der Waals surface area contributed by atoms with Crippen molar-refractivity contribution in [3.8, 4) is 11.3 Å². The van der Waals surface area contributed by atoms with E-state index in [1.54, 1.807) is 18.0 Å². The summed E-state index contributed by atoms with van der Waals surface area (Å²) >= 11 is 1.55. The molecule has 0 spiro atoms. The topological polar surface area (TPSA) is 25.8 Å². The zero-order valence-electron chi connectivity index (χ0n) is 10.1. The zero-order chi connectivity index (χ0) is 13.5. The Labute approximate surface area is 114 Å². The van der Waals surface area contributed by atoms with Gasteiger partial charge in [0.15, 0.2) is 0 Å². The quantitative estimate of drug-likeness (QED) is 0.598. The summed E-state index contributed by atoms with van der Waals surface area (Å²) in [5.41, 5.74) is 1.78. The van der Waals surface area contributed by atoms with Gasteiger partial charge in [0.25, 0.3) is 6.08 Å². The minimum atomic E-state index is -1.62. The second-order valence-corrected chi connectivity index (χ2v) is 4.94. The molecule has 0 aliphatic rings. The standard InChI is InChI=1S/C14H12F2N2S/c15-14(16)7-3-9-19-12-5-1-4-11(10-12)13-6-2-8-17-18-13/h1-2,4-8,10H,3,9H2. The van der Waals surface area contributed by atoms with Crippen molar-refractivity contribution in [2.45, 2.75) is 11.3 Å². The third kappa shape index (κ3) is 4.44. The summed E-state index contributed by atoms with van der Waals surface area (Å²) in [6, 6.07) is 11.5. The Balaban J connectivity index is 2.02. The van der Waals surface area contributed by atoms with Crippen molar-refractivity contribution in [1.29, 1.82) is 0 Å². The maximum absolute atomic E-state index is 11.9. The van der Waals surface area contributed by atoms with Crippen LogP contribution < -0.4 is 0 Å². The molecule has 5 heteroatoms. The van der Waals surface area contributed by atoms with Gasteiger partial charge in [-0.25, -0.2) is 0 Å². The Morgan fingerprint density at radius 2 is 2.11 bits per heavy atom. The molecule has 19 heavy (non-hydrogen) atoms. The van der Waals surface area contributed by atoms with Gasteiger partial charge in [0.2, 0.25) is 0 Å². The lowest BCUT2D eigenvalue weighted by Crippen LogP contribution is -1.86. The first-order valence-corrected chi connectivity index (χ1v) is 6.76. The van der Waals surface area contributed by atoms with Crippen LogP contribution in [-0.2, 0) is 0 Å². The van der Waals surface area contributed by atoms with Crippen LogP contribution in [0, 0.1) is 0 Å². The maximum atomic E-state index is 11.9. The highest BCUT2D eigenvalue weighted by Gasteiger charge is 2.01. The van der Waals surface area contributed by atoms with Crippen LogP contribution in [0.25, 0.3) is 11.3 Å². The van der Waals surface area contributed by atoms with E-state index in [0.29, 0.717) is 12.2 Å². The smallest absolute Gasteiger partial charge is 0.174 e. The molecule has 1 heterocycles. The molecule has 1 aromatic heterocycles. The molecule has 0 N–H and O–H groups in total. The molecule has 0 saturated heterocycles. The number of allylic oxidation sites excluding steroid dienone is 1. The van der Waals surface area contributed by atoms with Crippen LogP contribution >= 0.6 is 11.8 Å². The number of aromatic nitrogens is 2. The first-order chi connectivity index (χ1) is 9.25. The molecule has 0 unspecified atom stereocenters. The monoisotopic (exact) mass is 278 g/mol.